The molecule has 1 aromatic rings. The first-order valence-electron chi connectivity index (χ1n) is 7.50. The topological polar surface area (TPSA) is 86.7 Å². The molecule has 2 heterocycles. The average Bonchev–Trinajstić information content (AvgIpc) is 3.06. The summed E-state index contributed by atoms with van der Waals surface area (Å²) in [5.41, 5.74) is 0.459. The molecule has 2 aliphatic rings. The van der Waals surface area contributed by atoms with Gasteiger partial charge in [0.15, 0.2) is 0 Å². The standard InChI is InChI=1S/C16H15FN2O4S2/c17-10-3-1-2-9(4-10)5-13-15(22)19(16(23)25-13)6-14(21)18-11-7-24-8-12(11)20/h1-5,11-12,20H,6-8H2,(H,18,21)/b13-5-/t11-,12+/m1/s1. The van der Waals surface area contributed by atoms with Crippen LogP contribution in [0, 0.1) is 5.82 Å². The van der Waals surface area contributed by atoms with Crippen LogP contribution in [-0.4, -0.2) is 57.3 Å². The van der Waals surface area contributed by atoms with Crippen molar-refractivity contribution in [2.45, 2.75) is 12.1 Å². The molecule has 6 nitrogen and oxygen atoms in total. The predicted octanol–water partition coefficient (Wildman–Crippen LogP) is 1.45. The van der Waals surface area contributed by atoms with Crippen molar-refractivity contribution in [3.05, 3.63) is 40.6 Å². The average molecular weight is 382 g/mol. The van der Waals surface area contributed by atoms with Gasteiger partial charge in [-0.15, -0.1) is 0 Å². The molecule has 3 rings (SSSR count). The Morgan fingerprint density at radius 3 is 2.88 bits per heavy atom. The Morgan fingerprint density at radius 1 is 1.40 bits per heavy atom. The fourth-order valence-corrected chi connectivity index (χ4v) is 4.47. The van der Waals surface area contributed by atoms with Crippen LogP contribution in [0.15, 0.2) is 29.2 Å². The first kappa shape index (κ1) is 18.0. The smallest absolute Gasteiger partial charge is 0.294 e. The van der Waals surface area contributed by atoms with E-state index in [1.54, 1.807) is 6.07 Å². The molecule has 0 unspecified atom stereocenters. The van der Waals surface area contributed by atoms with Gasteiger partial charge in [-0.1, -0.05) is 12.1 Å². The molecule has 9 heteroatoms. The van der Waals surface area contributed by atoms with Crippen LogP contribution in [0.25, 0.3) is 6.08 Å². The predicted molar refractivity (Wildman–Crippen MR) is 94.3 cm³/mol. The van der Waals surface area contributed by atoms with Gasteiger partial charge in [0.25, 0.3) is 11.1 Å². The van der Waals surface area contributed by atoms with Crippen molar-refractivity contribution in [3.63, 3.8) is 0 Å². The number of benzene rings is 1. The van der Waals surface area contributed by atoms with Crippen LogP contribution in [0.1, 0.15) is 5.56 Å². The Morgan fingerprint density at radius 2 is 2.20 bits per heavy atom. The third-order valence-corrected chi connectivity index (χ3v) is 5.80. The van der Waals surface area contributed by atoms with E-state index in [0.29, 0.717) is 28.8 Å². The Hall–Kier alpha value is -1.84. The minimum absolute atomic E-state index is 0.139. The molecule has 2 saturated heterocycles. The Labute approximate surface area is 151 Å². The van der Waals surface area contributed by atoms with E-state index in [1.165, 1.54) is 36.0 Å². The first-order chi connectivity index (χ1) is 11.9. The van der Waals surface area contributed by atoms with Gasteiger partial charge in [0.1, 0.15) is 12.4 Å². The summed E-state index contributed by atoms with van der Waals surface area (Å²) in [6.07, 6.45) is 0.792. The third-order valence-electron chi connectivity index (χ3n) is 3.72. The summed E-state index contributed by atoms with van der Waals surface area (Å²) in [5.74, 6) is -0.395. The molecular weight excluding hydrogens is 367 g/mol. The fourth-order valence-electron chi connectivity index (χ4n) is 2.46. The van der Waals surface area contributed by atoms with Gasteiger partial charge in [-0.2, -0.15) is 11.8 Å². The van der Waals surface area contributed by atoms with E-state index in [0.717, 1.165) is 4.90 Å². The number of carbonyl (C=O) groups is 3. The maximum Gasteiger partial charge on any atom is 0.294 e. The van der Waals surface area contributed by atoms with Crippen molar-refractivity contribution < 1.29 is 23.9 Å². The van der Waals surface area contributed by atoms with Gasteiger partial charge in [0.05, 0.1) is 17.1 Å². The normalized spacial score (nSPS) is 25.0. The second-order valence-electron chi connectivity index (χ2n) is 5.60. The van der Waals surface area contributed by atoms with Crippen LogP contribution in [0.2, 0.25) is 0 Å². The van der Waals surface area contributed by atoms with E-state index in [9.17, 15) is 23.9 Å². The summed E-state index contributed by atoms with van der Waals surface area (Å²) in [6, 6.07) is 5.27. The van der Waals surface area contributed by atoms with Crippen molar-refractivity contribution in [1.29, 1.82) is 0 Å². The maximum atomic E-state index is 13.2. The van der Waals surface area contributed by atoms with Crippen LogP contribution < -0.4 is 5.32 Å². The molecule has 1 aromatic carbocycles. The summed E-state index contributed by atoms with van der Waals surface area (Å²) >= 11 is 2.23. The molecule has 132 valence electrons. The molecule has 2 atom stereocenters. The molecule has 0 aliphatic carbocycles. The molecule has 0 saturated carbocycles. The molecule has 2 aliphatic heterocycles. The minimum Gasteiger partial charge on any atom is -0.390 e. The molecule has 25 heavy (non-hydrogen) atoms. The summed E-state index contributed by atoms with van der Waals surface area (Å²) in [5, 5.41) is 11.8. The number of aliphatic hydroxyl groups excluding tert-OH is 1. The highest BCUT2D eigenvalue weighted by Crippen LogP contribution is 2.32. The number of halogens is 1. The number of imide groups is 1. The van der Waals surface area contributed by atoms with Crippen molar-refractivity contribution in [1.82, 2.24) is 10.2 Å². The highest BCUT2D eigenvalue weighted by Gasteiger charge is 2.37. The van der Waals surface area contributed by atoms with E-state index in [2.05, 4.69) is 5.32 Å². The summed E-state index contributed by atoms with van der Waals surface area (Å²) < 4.78 is 13.2. The summed E-state index contributed by atoms with van der Waals surface area (Å²) in [4.78, 5) is 37.4. The van der Waals surface area contributed by atoms with Crippen LogP contribution in [0.4, 0.5) is 9.18 Å². The van der Waals surface area contributed by atoms with Crippen LogP contribution in [0.3, 0.4) is 0 Å². The van der Waals surface area contributed by atoms with Crippen molar-refractivity contribution in [3.8, 4) is 0 Å². The molecule has 0 aromatic heterocycles. The fraction of sp³-hybridized carbons (Fsp3) is 0.312. The Bertz CT molecular complexity index is 755. The van der Waals surface area contributed by atoms with Gasteiger partial charge in [-0.05, 0) is 35.5 Å². The largest absolute Gasteiger partial charge is 0.390 e. The van der Waals surface area contributed by atoms with Crippen LogP contribution >= 0.6 is 23.5 Å². The number of thioether (sulfide) groups is 2. The number of amides is 3. The Balaban J connectivity index is 1.66. The summed E-state index contributed by atoms with van der Waals surface area (Å²) in [6.45, 7) is -0.404. The number of hydrogen-bond donors (Lipinski definition) is 2. The zero-order valence-electron chi connectivity index (χ0n) is 13.0. The van der Waals surface area contributed by atoms with Gasteiger partial charge in [-0.25, -0.2) is 4.39 Å². The zero-order chi connectivity index (χ0) is 18.0. The second kappa shape index (κ2) is 7.59. The molecule has 3 amide bonds. The number of aliphatic hydroxyl groups is 1. The van der Waals surface area contributed by atoms with Crippen molar-refractivity contribution in [2.75, 3.05) is 18.1 Å². The molecule has 0 radical (unpaired) electrons. The summed E-state index contributed by atoms with van der Waals surface area (Å²) in [7, 11) is 0. The minimum atomic E-state index is -0.628. The molecule has 0 bridgehead atoms. The van der Waals surface area contributed by atoms with Gasteiger partial charge in [0, 0.05) is 11.5 Å². The lowest BCUT2D eigenvalue weighted by molar-refractivity contribution is -0.129. The van der Waals surface area contributed by atoms with Crippen molar-refractivity contribution in [2.24, 2.45) is 0 Å². The monoisotopic (exact) mass is 382 g/mol. The number of hydrogen-bond acceptors (Lipinski definition) is 6. The lowest BCUT2D eigenvalue weighted by Crippen LogP contribution is -2.47. The maximum absolute atomic E-state index is 13.2. The van der Waals surface area contributed by atoms with Crippen LogP contribution in [-0.2, 0) is 9.59 Å². The van der Waals surface area contributed by atoms with Gasteiger partial charge >= 0.3 is 0 Å². The van der Waals surface area contributed by atoms with E-state index in [-0.39, 0.29) is 10.9 Å². The van der Waals surface area contributed by atoms with E-state index < -0.39 is 35.5 Å². The third kappa shape index (κ3) is 4.23. The molecular formula is C16H15FN2O4S2. The number of nitrogens with one attached hydrogen (secondary N) is 1. The number of rotatable bonds is 4. The Kier molecular flexibility index (Phi) is 5.45. The second-order valence-corrected chi connectivity index (χ2v) is 7.67. The van der Waals surface area contributed by atoms with Gasteiger partial charge < -0.3 is 10.4 Å². The molecule has 2 N–H and O–H groups in total. The van der Waals surface area contributed by atoms with Crippen molar-refractivity contribution >= 4 is 46.7 Å². The molecule has 0 spiro atoms. The quantitative estimate of drug-likeness (QED) is 0.767. The van der Waals surface area contributed by atoms with E-state index in [1.807, 2.05) is 0 Å². The van der Waals surface area contributed by atoms with E-state index in [4.69, 9.17) is 0 Å². The van der Waals surface area contributed by atoms with Gasteiger partial charge in [-0.3, -0.25) is 19.3 Å². The number of nitrogens with zero attached hydrogens (tertiary/aromatic N) is 1. The first-order valence-corrected chi connectivity index (χ1v) is 9.47. The lowest BCUT2D eigenvalue weighted by atomic mass is 10.2. The number of carbonyl (C=O) groups excluding carboxylic acids is 3. The van der Waals surface area contributed by atoms with E-state index >= 15 is 0 Å². The highest BCUT2D eigenvalue weighted by molar-refractivity contribution is 8.18. The zero-order valence-corrected chi connectivity index (χ0v) is 14.6. The SMILES string of the molecule is O=C(CN1C(=O)S/C(=C\c2cccc(F)c2)C1=O)N[C@@H]1CSC[C@@H]1O. The van der Waals surface area contributed by atoms with Crippen LogP contribution in [0.5, 0.6) is 0 Å². The lowest BCUT2D eigenvalue weighted by Gasteiger charge is -2.18. The van der Waals surface area contributed by atoms with Gasteiger partial charge in [0.2, 0.25) is 5.91 Å². The highest BCUT2D eigenvalue weighted by atomic mass is 32.2. The molecule has 2 fully saturated rings.